The highest BCUT2D eigenvalue weighted by molar-refractivity contribution is 6.29. The van der Waals surface area contributed by atoms with Crippen molar-refractivity contribution in [2.24, 2.45) is 0 Å². The van der Waals surface area contributed by atoms with E-state index in [1.54, 1.807) is 0 Å². The van der Waals surface area contributed by atoms with Crippen LogP contribution >= 0.6 is 11.6 Å². The largest absolute Gasteiger partial charge is 0.232 e. The normalized spacial score (nSPS) is 11.7. The van der Waals surface area contributed by atoms with E-state index in [-0.39, 0.29) is 21.8 Å². The molecule has 5 heteroatoms. The summed E-state index contributed by atoms with van der Waals surface area (Å²) in [5.74, 6) is -0.585. The quantitative estimate of drug-likeness (QED) is 0.726. The zero-order chi connectivity index (χ0) is 14.2. The summed E-state index contributed by atoms with van der Waals surface area (Å²) in [6, 6.07) is 4.65. The second-order valence-electron chi connectivity index (χ2n) is 5.27. The fraction of sp³-hybridized carbons (Fsp3) is 0.286. The number of halogens is 3. The molecule has 0 aliphatic heterocycles. The Kier molecular flexibility index (Phi) is 3.54. The SMILES string of the molecule is CC(C)(C)c1nc(Cl)cc(-c2cc(F)ccc2F)n1. The average Bonchev–Trinajstić information content (AvgIpc) is 2.30. The molecule has 0 amide bonds. The van der Waals surface area contributed by atoms with Crippen LogP contribution in [0, 0.1) is 11.6 Å². The van der Waals surface area contributed by atoms with Crippen LogP contribution in [0.4, 0.5) is 8.78 Å². The fourth-order valence-corrected chi connectivity index (χ4v) is 1.77. The Labute approximate surface area is 115 Å². The standard InChI is InChI=1S/C14H13ClF2N2/c1-14(2,3)13-18-11(7-12(15)19-13)9-6-8(16)4-5-10(9)17/h4-7H,1-3H3. The van der Waals surface area contributed by atoms with Crippen molar-refractivity contribution in [3.05, 3.63) is 46.9 Å². The van der Waals surface area contributed by atoms with Crippen molar-refractivity contribution < 1.29 is 8.78 Å². The number of hydrogen-bond acceptors (Lipinski definition) is 2. The Balaban J connectivity index is 2.63. The minimum absolute atomic E-state index is 0.0785. The Morgan fingerprint density at radius 2 is 1.74 bits per heavy atom. The van der Waals surface area contributed by atoms with Crippen molar-refractivity contribution in [1.82, 2.24) is 9.97 Å². The van der Waals surface area contributed by atoms with Crippen LogP contribution in [0.15, 0.2) is 24.3 Å². The number of rotatable bonds is 1. The molecule has 1 aromatic heterocycles. The first kappa shape index (κ1) is 13.9. The summed E-state index contributed by atoms with van der Waals surface area (Å²) in [5, 5.41) is 0.207. The second-order valence-corrected chi connectivity index (χ2v) is 5.66. The highest BCUT2D eigenvalue weighted by atomic mass is 35.5. The summed E-state index contributed by atoms with van der Waals surface area (Å²) in [6.45, 7) is 5.76. The lowest BCUT2D eigenvalue weighted by molar-refractivity contribution is 0.545. The maximum absolute atomic E-state index is 13.7. The third-order valence-electron chi connectivity index (χ3n) is 2.57. The molecular weight excluding hydrogens is 270 g/mol. The summed E-state index contributed by atoms with van der Waals surface area (Å²) >= 11 is 5.93. The molecule has 0 radical (unpaired) electrons. The zero-order valence-electron chi connectivity index (χ0n) is 10.8. The molecule has 1 heterocycles. The minimum Gasteiger partial charge on any atom is -0.232 e. The highest BCUT2D eigenvalue weighted by Gasteiger charge is 2.20. The van der Waals surface area contributed by atoms with Crippen LogP contribution in [-0.2, 0) is 5.41 Å². The molecule has 0 saturated heterocycles. The van der Waals surface area contributed by atoms with Crippen LogP contribution in [0.3, 0.4) is 0 Å². The van der Waals surface area contributed by atoms with Gasteiger partial charge in [0, 0.05) is 17.0 Å². The van der Waals surface area contributed by atoms with Gasteiger partial charge in [0.05, 0.1) is 5.69 Å². The van der Waals surface area contributed by atoms with Crippen LogP contribution in [0.25, 0.3) is 11.3 Å². The molecule has 0 saturated carbocycles. The van der Waals surface area contributed by atoms with Crippen LogP contribution in [0.1, 0.15) is 26.6 Å². The summed E-state index contributed by atoms with van der Waals surface area (Å²) < 4.78 is 27.0. The predicted molar refractivity (Wildman–Crippen MR) is 71.1 cm³/mol. The third-order valence-corrected chi connectivity index (χ3v) is 2.76. The summed E-state index contributed by atoms with van der Waals surface area (Å²) in [7, 11) is 0. The molecule has 0 aliphatic carbocycles. The predicted octanol–water partition coefficient (Wildman–Crippen LogP) is 4.37. The minimum atomic E-state index is -0.545. The Hall–Kier alpha value is -1.55. The maximum atomic E-state index is 13.7. The van der Waals surface area contributed by atoms with E-state index in [2.05, 4.69) is 9.97 Å². The number of hydrogen-bond donors (Lipinski definition) is 0. The Morgan fingerprint density at radius 1 is 1.05 bits per heavy atom. The van der Waals surface area contributed by atoms with Crippen molar-refractivity contribution in [3.63, 3.8) is 0 Å². The molecule has 0 aliphatic rings. The van der Waals surface area contributed by atoms with Crippen LogP contribution in [-0.4, -0.2) is 9.97 Å². The van der Waals surface area contributed by atoms with Crippen molar-refractivity contribution in [2.45, 2.75) is 26.2 Å². The third kappa shape index (κ3) is 3.07. The smallest absolute Gasteiger partial charge is 0.136 e. The molecule has 0 fully saturated rings. The fourth-order valence-electron chi connectivity index (χ4n) is 1.58. The van der Waals surface area contributed by atoms with E-state index in [9.17, 15) is 8.78 Å². The van der Waals surface area contributed by atoms with Gasteiger partial charge in [0.1, 0.15) is 22.6 Å². The van der Waals surface area contributed by atoms with E-state index in [4.69, 9.17) is 11.6 Å². The maximum Gasteiger partial charge on any atom is 0.136 e. The summed E-state index contributed by atoms with van der Waals surface area (Å²) in [4.78, 5) is 8.40. The van der Waals surface area contributed by atoms with Gasteiger partial charge in [-0.3, -0.25) is 0 Å². The second kappa shape index (κ2) is 4.85. The van der Waals surface area contributed by atoms with Crippen LogP contribution in [0.2, 0.25) is 5.15 Å². The Bertz CT molecular complexity index is 621. The highest BCUT2D eigenvalue weighted by Crippen LogP contribution is 2.27. The van der Waals surface area contributed by atoms with Gasteiger partial charge >= 0.3 is 0 Å². The van der Waals surface area contributed by atoms with Crippen LogP contribution in [0.5, 0.6) is 0 Å². The van der Waals surface area contributed by atoms with Gasteiger partial charge in [-0.25, -0.2) is 18.7 Å². The van der Waals surface area contributed by atoms with E-state index in [1.165, 1.54) is 6.07 Å². The monoisotopic (exact) mass is 282 g/mol. The number of benzene rings is 1. The number of nitrogens with zero attached hydrogens (tertiary/aromatic N) is 2. The Morgan fingerprint density at radius 3 is 2.37 bits per heavy atom. The summed E-state index contributed by atoms with van der Waals surface area (Å²) in [5.41, 5.74) is 0.0282. The van der Waals surface area contributed by atoms with Gasteiger partial charge < -0.3 is 0 Å². The van der Waals surface area contributed by atoms with E-state index in [0.29, 0.717) is 5.82 Å². The molecular formula is C14H13ClF2N2. The first-order valence-corrected chi connectivity index (χ1v) is 6.15. The molecule has 2 rings (SSSR count). The van der Waals surface area contributed by atoms with Gasteiger partial charge in [-0.1, -0.05) is 32.4 Å². The van der Waals surface area contributed by atoms with E-state index in [0.717, 1.165) is 18.2 Å². The molecule has 19 heavy (non-hydrogen) atoms. The molecule has 100 valence electrons. The topological polar surface area (TPSA) is 25.8 Å². The van der Waals surface area contributed by atoms with Gasteiger partial charge in [0.2, 0.25) is 0 Å². The molecule has 0 bridgehead atoms. The molecule has 1 aromatic carbocycles. The van der Waals surface area contributed by atoms with E-state index < -0.39 is 11.6 Å². The summed E-state index contributed by atoms with van der Waals surface area (Å²) in [6.07, 6.45) is 0. The van der Waals surface area contributed by atoms with Crippen molar-refractivity contribution in [3.8, 4) is 11.3 Å². The first-order valence-electron chi connectivity index (χ1n) is 5.78. The van der Waals surface area contributed by atoms with Gasteiger partial charge in [-0.05, 0) is 18.2 Å². The van der Waals surface area contributed by atoms with E-state index >= 15 is 0 Å². The lowest BCUT2D eigenvalue weighted by atomic mass is 9.95. The van der Waals surface area contributed by atoms with Crippen LogP contribution < -0.4 is 0 Å². The van der Waals surface area contributed by atoms with Crippen molar-refractivity contribution in [2.75, 3.05) is 0 Å². The number of aromatic nitrogens is 2. The van der Waals surface area contributed by atoms with Gasteiger partial charge in [0.25, 0.3) is 0 Å². The lowest BCUT2D eigenvalue weighted by Crippen LogP contribution is -2.16. The van der Waals surface area contributed by atoms with Gasteiger partial charge in [-0.15, -0.1) is 0 Å². The van der Waals surface area contributed by atoms with E-state index in [1.807, 2.05) is 20.8 Å². The molecule has 0 spiro atoms. The molecule has 2 nitrogen and oxygen atoms in total. The van der Waals surface area contributed by atoms with Gasteiger partial charge in [-0.2, -0.15) is 0 Å². The molecule has 2 aromatic rings. The lowest BCUT2D eigenvalue weighted by Gasteiger charge is -2.17. The van der Waals surface area contributed by atoms with Crippen molar-refractivity contribution >= 4 is 11.6 Å². The van der Waals surface area contributed by atoms with Gasteiger partial charge in [0.15, 0.2) is 0 Å². The molecule has 0 atom stereocenters. The molecule has 0 unspecified atom stereocenters. The zero-order valence-corrected chi connectivity index (χ0v) is 11.6. The average molecular weight is 283 g/mol. The van der Waals surface area contributed by atoms with Crippen molar-refractivity contribution in [1.29, 1.82) is 0 Å². The first-order chi connectivity index (χ1) is 8.77. The molecule has 0 N–H and O–H groups in total.